The Bertz CT molecular complexity index is 698. The van der Waals surface area contributed by atoms with Crippen LogP contribution >= 0.6 is 11.6 Å². The maximum Gasteiger partial charge on any atom is 0.270 e. The van der Waals surface area contributed by atoms with Crippen LogP contribution in [0.1, 0.15) is 41.5 Å². The van der Waals surface area contributed by atoms with Crippen molar-refractivity contribution in [2.24, 2.45) is 0 Å². The second-order valence-corrected chi connectivity index (χ2v) is 6.69. The molecule has 1 saturated heterocycles. The molecule has 1 N–H and O–H groups in total. The van der Waals surface area contributed by atoms with Gasteiger partial charge in [-0.05, 0) is 32.4 Å². The molecule has 0 bridgehead atoms. The summed E-state index contributed by atoms with van der Waals surface area (Å²) in [5.74, 6) is 1.30. The number of carbonyl (C=O) groups is 1. The van der Waals surface area contributed by atoms with E-state index in [1.807, 2.05) is 4.90 Å². The number of rotatable bonds is 4. The Labute approximate surface area is 146 Å². The molecule has 0 radical (unpaired) electrons. The average molecular weight is 352 g/mol. The molecule has 1 aliphatic heterocycles. The Morgan fingerprint density at radius 3 is 3.00 bits per heavy atom. The topological polar surface area (TPSA) is 78.3 Å². The number of nitrogens with one attached hydrogen (secondary N) is 1. The number of H-pyrrole nitrogens is 1. The van der Waals surface area contributed by atoms with Crippen molar-refractivity contribution in [2.45, 2.75) is 38.8 Å². The number of aryl methyl sites for hydroxylation is 1. The van der Waals surface area contributed by atoms with Gasteiger partial charge < -0.3 is 14.4 Å². The first kappa shape index (κ1) is 17.0. The zero-order chi connectivity index (χ0) is 17.1. The van der Waals surface area contributed by atoms with Gasteiger partial charge in [0, 0.05) is 32.3 Å². The maximum atomic E-state index is 12.5. The molecule has 2 aromatic heterocycles. The summed E-state index contributed by atoms with van der Waals surface area (Å²) in [6, 6.07) is 2.07. The van der Waals surface area contributed by atoms with Gasteiger partial charge in [0.25, 0.3) is 5.91 Å². The minimum absolute atomic E-state index is 0.0130. The molecule has 2 aromatic rings. The number of aromatic nitrogens is 3. The molecule has 1 fully saturated rings. The summed E-state index contributed by atoms with van der Waals surface area (Å²) >= 11 is 5.89. The zero-order valence-electron chi connectivity index (χ0n) is 14.0. The Hall–Kier alpha value is -1.86. The lowest BCUT2D eigenvalue weighted by molar-refractivity contribution is 0.0752. The fraction of sp³-hybridized carbons (Fsp3) is 0.562. The highest BCUT2D eigenvalue weighted by molar-refractivity contribution is 6.30. The van der Waals surface area contributed by atoms with Gasteiger partial charge in [-0.2, -0.15) is 4.98 Å². The summed E-state index contributed by atoms with van der Waals surface area (Å²) in [5.41, 5.74) is 0.550. The summed E-state index contributed by atoms with van der Waals surface area (Å²) in [5, 5.41) is 4.51. The van der Waals surface area contributed by atoms with Crippen molar-refractivity contribution in [3.05, 3.63) is 34.7 Å². The minimum atomic E-state index is 0.0130. The second kappa shape index (κ2) is 7.36. The van der Waals surface area contributed by atoms with E-state index in [2.05, 4.69) is 27.1 Å². The second-order valence-electron chi connectivity index (χ2n) is 6.25. The Balaban J connectivity index is 1.57. The van der Waals surface area contributed by atoms with E-state index in [4.69, 9.17) is 16.1 Å². The third-order valence-electron chi connectivity index (χ3n) is 4.45. The van der Waals surface area contributed by atoms with Crippen LogP contribution < -0.4 is 0 Å². The number of likely N-dealkylation sites (tertiary alicyclic amines) is 1. The predicted molar refractivity (Wildman–Crippen MR) is 89.8 cm³/mol. The molecule has 0 spiro atoms. The van der Waals surface area contributed by atoms with Crippen LogP contribution in [0.4, 0.5) is 0 Å². The van der Waals surface area contributed by atoms with E-state index in [1.165, 1.54) is 0 Å². The van der Waals surface area contributed by atoms with Crippen molar-refractivity contribution in [1.82, 2.24) is 24.9 Å². The Kier molecular flexibility index (Phi) is 5.20. The largest absolute Gasteiger partial charge is 0.356 e. The lowest BCUT2D eigenvalue weighted by Gasteiger charge is -2.26. The van der Waals surface area contributed by atoms with Crippen molar-refractivity contribution in [3.63, 3.8) is 0 Å². The third kappa shape index (κ3) is 3.96. The molecule has 3 heterocycles. The number of hydrogen-bond acceptors (Lipinski definition) is 5. The minimum Gasteiger partial charge on any atom is -0.356 e. The molecule has 0 unspecified atom stereocenters. The van der Waals surface area contributed by atoms with Gasteiger partial charge in [-0.15, -0.1) is 0 Å². The van der Waals surface area contributed by atoms with Crippen LogP contribution in [0.3, 0.4) is 0 Å². The van der Waals surface area contributed by atoms with Crippen LogP contribution in [0, 0.1) is 6.92 Å². The first-order chi connectivity index (χ1) is 11.5. The van der Waals surface area contributed by atoms with Gasteiger partial charge in [0.2, 0.25) is 5.89 Å². The van der Waals surface area contributed by atoms with E-state index in [0.717, 1.165) is 32.4 Å². The van der Waals surface area contributed by atoms with Gasteiger partial charge in [-0.25, -0.2) is 0 Å². The summed E-state index contributed by atoms with van der Waals surface area (Å²) in [6.45, 7) is 3.94. The highest BCUT2D eigenvalue weighted by Gasteiger charge is 2.25. The van der Waals surface area contributed by atoms with Gasteiger partial charge in [-0.1, -0.05) is 16.8 Å². The van der Waals surface area contributed by atoms with Crippen LogP contribution in [-0.4, -0.2) is 57.0 Å². The number of aromatic amines is 1. The van der Waals surface area contributed by atoms with Crippen molar-refractivity contribution < 1.29 is 9.32 Å². The molecule has 130 valence electrons. The molecule has 1 amide bonds. The number of nitrogens with zero attached hydrogens (tertiary/aromatic N) is 4. The first-order valence-corrected chi connectivity index (χ1v) is 8.53. The molecular weight excluding hydrogens is 330 g/mol. The predicted octanol–water partition coefficient (Wildman–Crippen LogP) is 2.49. The SMILES string of the molecule is Cc1nc(CN(C)[C@H]2CCCN(C(=O)c3cc(Cl)c[nH]3)CC2)no1. The molecule has 8 heteroatoms. The molecular formula is C16H22ClN5O2. The van der Waals surface area contributed by atoms with Crippen molar-refractivity contribution in [1.29, 1.82) is 0 Å². The normalized spacial score (nSPS) is 18.8. The van der Waals surface area contributed by atoms with Gasteiger partial charge in [0.05, 0.1) is 11.6 Å². The monoisotopic (exact) mass is 351 g/mol. The van der Waals surface area contributed by atoms with Crippen LogP contribution in [0.15, 0.2) is 16.8 Å². The summed E-state index contributed by atoms with van der Waals surface area (Å²) in [6.07, 6.45) is 4.58. The lowest BCUT2D eigenvalue weighted by atomic mass is 10.1. The van der Waals surface area contributed by atoms with Gasteiger partial charge >= 0.3 is 0 Å². The van der Waals surface area contributed by atoms with Gasteiger partial charge in [-0.3, -0.25) is 9.69 Å². The van der Waals surface area contributed by atoms with E-state index < -0.39 is 0 Å². The average Bonchev–Trinajstić information content (AvgIpc) is 3.07. The molecule has 0 aliphatic carbocycles. The number of amides is 1. The highest BCUT2D eigenvalue weighted by atomic mass is 35.5. The summed E-state index contributed by atoms with van der Waals surface area (Å²) < 4.78 is 5.02. The van der Waals surface area contributed by atoms with Crippen molar-refractivity contribution in [2.75, 3.05) is 20.1 Å². The molecule has 1 aliphatic rings. The van der Waals surface area contributed by atoms with Crippen LogP contribution in [-0.2, 0) is 6.54 Å². The van der Waals surface area contributed by atoms with Crippen LogP contribution in [0.2, 0.25) is 5.02 Å². The van der Waals surface area contributed by atoms with E-state index >= 15 is 0 Å². The highest BCUT2D eigenvalue weighted by Crippen LogP contribution is 2.19. The van der Waals surface area contributed by atoms with E-state index in [0.29, 0.717) is 35.0 Å². The number of carbonyl (C=O) groups excluding carboxylic acids is 1. The molecule has 0 aromatic carbocycles. The fourth-order valence-corrected chi connectivity index (χ4v) is 3.31. The summed E-state index contributed by atoms with van der Waals surface area (Å²) in [7, 11) is 2.07. The fourth-order valence-electron chi connectivity index (χ4n) is 3.14. The van der Waals surface area contributed by atoms with Crippen LogP contribution in [0.25, 0.3) is 0 Å². The Morgan fingerprint density at radius 1 is 1.50 bits per heavy atom. The lowest BCUT2D eigenvalue weighted by Crippen LogP contribution is -2.35. The Morgan fingerprint density at radius 2 is 2.33 bits per heavy atom. The van der Waals surface area contributed by atoms with Crippen molar-refractivity contribution in [3.8, 4) is 0 Å². The molecule has 7 nitrogen and oxygen atoms in total. The number of hydrogen-bond donors (Lipinski definition) is 1. The maximum absolute atomic E-state index is 12.5. The van der Waals surface area contributed by atoms with Gasteiger partial charge in [0.1, 0.15) is 5.69 Å². The molecule has 3 rings (SSSR count). The van der Waals surface area contributed by atoms with Gasteiger partial charge in [0.15, 0.2) is 5.82 Å². The molecule has 0 saturated carbocycles. The smallest absolute Gasteiger partial charge is 0.270 e. The standard InChI is InChI=1S/C16H22ClN5O2/c1-11-19-15(20-24-11)10-21(2)13-4-3-6-22(7-5-13)16(23)14-8-12(17)9-18-14/h8-9,13,18H,3-7,10H2,1-2H3/t13-/m0/s1. The summed E-state index contributed by atoms with van der Waals surface area (Å²) in [4.78, 5) is 23.8. The first-order valence-electron chi connectivity index (χ1n) is 8.15. The number of halogens is 1. The van der Waals surface area contributed by atoms with E-state index in [-0.39, 0.29) is 5.91 Å². The van der Waals surface area contributed by atoms with E-state index in [9.17, 15) is 4.79 Å². The quantitative estimate of drug-likeness (QED) is 0.915. The van der Waals surface area contributed by atoms with Crippen molar-refractivity contribution >= 4 is 17.5 Å². The van der Waals surface area contributed by atoms with Crippen LogP contribution in [0.5, 0.6) is 0 Å². The van der Waals surface area contributed by atoms with E-state index in [1.54, 1.807) is 19.2 Å². The molecule has 1 atom stereocenters. The zero-order valence-corrected chi connectivity index (χ0v) is 14.7. The third-order valence-corrected chi connectivity index (χ3v) is 4.67. The molecule has 24 heavy (non-hydrogen) atoms.